The van der Waals surface area contributed by atoms with Gasteiger partial charge in [-0.05, 0) is 55.3 Å². The van der Waals surface area contributed by atoms with E-state index in [1.807, 2.05) is 36.9 Å². The van der Waals surface area contributed by atoms with E-state index in [1.165, 1.54) is 21.9 Å². The van der Waals surface area contributed by atoms with E-state index in [4.69, 9.17) is 10.5 Å². The van der Waals surface area contributed by atoms with Crippen molar-refractivity contribution in [2.24, 2.45) is 5.73 Å². The molecule has 2 aromatic heterocycles. The number of anilines is 2. The van der Waals surface area contributed by atoms with Crippen LogP contribution >= 0.6 is 0 Å². The first-order valence-electron chi connectivity index (χ1n) is 14.5. The van der Waals surface area contributed by atoms with Gasteiger partial charge in [-0.15, -0.1) is 0 Å². The Morgan fingerprint density at radius 2 is 1.89 bits per heavy atom. The Hall–Kier alpha value is -4.39. The van der Waals surface area contributed by atoms with E-state index in [-0.39, 0.29) is 43.9 Å². The Balaban J connectivity index is 1.67. The number of carbonyl (C=O) groups excluding carboxylic acids is 2. The molecular weight excluding hydrogens is 575 g/mol. The molecule has 1 fully saturated rings. The maximum atomic E-state index is 14.0. The van der Waals surface area contributed by atoms with Crippen LogP contribution in [0.3, 0.4) is 0 Å². The Kier molecular flexibility index (Phi) is 10.3. The number of halogens is 3. The molecule has 3 aromatic rings. The molecule has 0 spiro atoms. The number of ether oxygens (including phenoxy) is 1. The molecule has 10 nitrogen and oxygen atoms in total. The molecule has 44 heavy (non-hydrogen) atoms. The van der Waals surface area contributed by atoms with Crippen LogP contribution in [0.15, 0.2) is 48.7 Å². The summed E-state index contributed by atoms with van der Waals surface area (Å²) >= 11 is 0. The van der Waals surface area contributed by atoms with Crippen LogP contribution in [-0.2, 0) is 6.18 Å². The van der Waals surface area contributed by atoms with Crippen LogP contribution in [0.5, 0.6) is 5.88 Å². The second-order valence-corrected chi connectivity index (χ2v) is 10.5. The van der Waals surface area contributed by atoms with Crippen molar-refractivity contribution in [3.05, 3.63) is 65.5 Å². The molecule has 13 heteroatoms. The zero-order chi connectivity index (χ0) is 32.0. The normalized spacial score (nSPS) is 15.2. The third-order valence-electron chi connectivity index (χ3n) is 7.42. The molecule has 4 rings (SSSR count). The van der Waals surface area contributed by atoms with Gasteiger partial charge >= 0.3 is 6.18 Å². The van der Waals surface area contributed by atoms with E-state index in [0.717, 1.165) is 11.1 Å². The van der Waals surface area contributed by atoms with Gasteiger partial charge in [0, 0.05) is 70.3 Å². The van der Waals surface area contributed by atoms with Crippen molar-refractivity contribution >= 4 is 23.3 Å². The van der Waals surface area contributed by atoms with Gasteiger partial charge in [-0.3, -0.25) is 9.59 Å². The van der Waals surface area contributed by atoms with Crippen LogP contribution in [0.4, 0.5) is 24.7 Å². The van der Waals surface area contributed by atoms with Gasteiger partial charge in [0.25, 0.3) is 11.8 Å². The first kappa shape index (κ1) is 32.5. The number of hydrogen-bond acceptors (Lipinski definition) is 8. The lowest BCUT2D eigenvalue weighted by Gasteiger charge is -2.43. The highest BCUT2D eigenvalue weighted by atomic mass is 19.4. The van der Waals surface area contributed by atoms with Crippen molar-refractivity contribution in [3.63, 3.8) is 0 Å². The van der Waals surface area contributed by atoms with Crippen LogP contribution in [0.2, 0.25) is 0 Å². The molecule has 0 bridgehead atoms. The summed E-state index contributed by atoms with van der Waals surface area (Å²) in [6, 6.07) is 11.5. The second kappa shape index (κ2) is 13.9. The van der Waals surface area contributed by atoms with Crippen molar-refractivity contribution in [1.82, 2.24) is 20.2 Å². The number of aromatic nitrogens is 2. The number of rotatable bonds is 10. The summed E-state index contributed by atoms with van der Waals surface area (Å²) in [5.41, 5.74) is 6.46. The minimum Gasteiger partial charge on any atom is -0.478 e. The summed E-state index contributed by atoms with van der Waals surface area (Å²) in [5, 5.41) is 2.84. The summed E-state index contributed by atoms with van der Waals surface area (Å²) in [5.74, 6) is -0.497. The Morgan fingerprint density at radius 1 is 1.11 bits per heavy atom. The second-order valence-electron chi connectivity index (χ2n) is 10.5. The number of carbonyl (C=O) groups is 2. The maximum Gasteiger partial charge on any atom is 0.434 e. The largest absolute Gasteiger partial charge is 0.478 e. The fourth-order valence-electron chi connectivity index (χ4n) is 5.24. The molecule has 236 valence electrons. The maximum absolute atomic E-state index is 14.0. The van der Waals surface area contributed by atoms with Crippen molar-refractivity contribution in [2.45, 2.75) is 32.5 Å². The smallest absolute Gasteiger partial charge is 0.434 e. The van der Waals surface area contributed by atoms with Crippen LogP contribution in [0.25, 0.3) is 11.1 Å². The summed E-state index contributed by atoms with van der Waals surface area (Å²) in [6.07, 6.45) is -2.59. The highest BCUT2D eigenvalue weighted by Gasteiger charge is 2.40. The van der Waals surface area contributed by atoms with Crippen molar-refractivity contribution < 1.29 is 27.5 Å². The van der Waals surface area contributed by atoms with Gasteiger partial charge in [-0.1, -0.05) is 13.0 Å². The number of benzene rings is 1. The van der Waals surface area contributed by atoms with E-state index in [0.29, 0.717) is 36.7 Å². The van der Waals surface area contributed by atoms with Gasteiger partial charge in [-0.2, -0.15) is 13.2 Å². The van der Waals surface area contributed by atoms with Crippen molar-refractivity contribution in [3.8, 4) is 17.0 Å². The van der Waals surface area contributed by atoms with E-state index in [9.17, 15) is 22.8 Å². The molecular formula is C31H38F3N7O3. The monoisotopic (exact) mass is 613 g/mol. The van der Waals surface area contributed by atoms with Crippen molar-refractivity contribution in [2.75, 3.05) is 63.2 Å². The SMILES string of the molecule is CCOc1ncccc1-c1ccc(N2CCN(C(=O)c3ccc(N(C)C)nc3C(F)(F)F)C[C@H]2CC)c(C(=O)NCCN)c1. The van der Waals surface area contributed by atoms with Crippen LogP contribution < -0.4 is 25.6 Å². The molecule has 3 heterocycles. The lowest BCUT2D eigenvalue weighted by molar-refractivity contribution is -0.141. The van der Waals surface area contributed by atoms with E-state index in [2.05, 4.69) is 15.3 Å². The number of pyridine rings is 2. The minimum atomic E-state index is -4.80. The van der Waals surface area contributed by atoms with E-state index >= 15 is 0 Å². The molecule has 1 atom stereocenters. The van der Waals surface area contributed by atoms with Gasteiger partial charge in [0.15, 0.2) is 5.69 Å². The van der Waals surface area contributed by atoms with Crippen LogP contribution in [-0.4, -0.2) is 86.2 Å². The molecule has 0 saturated carbocycles. The fraction of sp³-hybridized carbons (Fsp3) is 0.419. The number of nitrogens with one attached hydrogen (secondary N) is 1. The van der Waals surface area contributed by atoms with Crippen molar-refractivity contribution in [1.29, 1.82) is 0 Å². The standard InChI is InChI=1S/C31H38F3N7O3/c1-5-21-19-40(30(43)23-10-12-26(39(3)4)38-27(23)31(32,33)34)16-17-41(21)25-11-9-20(18-24(25)28(42)36-15-13-35)22-8-7-14-37-29(22)44-6-2/h7-12,14,18,21H,5-6,13,15-17,19,35H2,1-4H3,(H,36,42)/t21-/m1/s1. The summed E-state index contributed by atoms with van der Waals surface area (Å²) in [7, 11) is 3.17. The zero-order valence-electron chi connectivity index (χ0n) is 25.3. The van der Waals surface area contributed by atoms with Gasteiger partial charge in [-0.25, -0.2) is 9.97 Å². The highest BCUT2D eigenvalue weighted by molar-refractivity contribution is 6.01. The molecule has 0 aliphatic carbocycles. The van der Waals surface area contributed by atoms with Crippen LogP contribution in [0.1, 0.15) is 46.7 Å². The number of amides is 2. The number of alkyl halides is 3. The average Bonchev–Trinajstić information content (AvgIpc) is 3.02. The average molecular weight is 614 g/mol. The molecule has 1 aliphatic heterocycles. The van der Waals surface area contributed by atoms with Crippen LogP contribution in [0, 0.1) is 0 Å². The molecule has 1 aromatic carbocycles. The van der Waals surface area contributed by atoms with Gasteiger partial charge in [0.2, 0.25) is 5.88 Å². The predicted molar refractivity (Wildman–Crippen MR) is 163 cm³/mol. The lowest BCUT2D eigenvalue weighted by Crippen LogP contribution is -2.55. The molecule has 0 radical (unpaired) electrons. The Labute approximate surface area is 255 Å². The molecule has 3 N–H and O–H groups in total. The van der Waals surface area contributed by atoms with E-state index in [1.54, 1.807) is 32.4 Å². The van der Waals surface area contributed by atoms with Gasteiger partial charge < -0.3 is 30.5 Å². The summed E-state index contributed by atoms with van der Waals surface area (Å²) in [6.45, 7) is 5.40. The summed E-state index contributed by atoms with van der Waals surface area (Å²) < 4.78 is 47.6. The summed E-state index contributed by atoms with van der Waals surface area (Å²) in [4.78, 5) is 39.9. The number of hydrogen-bond donors (Lipinski definition) is 2. The van der Waals surface area contributed by atoms with Gasteiger partial charge in [0.1, 0.15) is 5.82 Å². The first-order chi connectivity index (χ1) is 21.0. The minimum absolute atomic E-state index is 0.105. The lowest BCUT2D eigenvalue weighted by atomic mass is 9.99. The first-order valence-corrected chi connectivity index (χ1v) is 14.5. The zero-order valence-corrected chi connectivity index (χ0v) is 25.3. The molecule has 0 unspecified atom stereocenters. The molecule has 1 saturated heterocycles. The van der Waals surface area contributed by atoms with E-state index < -0.39 is 23.3 Å². The predicted octanol–water partition coefficient (Wildman–Crippen LogP) is 4.06. The molecule has 2 amide bonds. The Morgan fingerprint density at radius 3 is 2.55 bits per heavy atom. The third kappa shape index (κ3) is 7.04. The third-order valence-corrected chi connectivity index (χ3v) is 7.42. The highest BCUT2D eigenvalue weighted by Crippen LogP contribution is 2.36. The number of piperazine rings is 1. The molecule has 1 aliphatic rings. The number of nitrogens with zero attached hydrogens (tertiary/aromatic N) is 5. The quantitative estimate of drug-likeness (QED) is 0.352. The topological polar surface area (TPSA) is 117 Å². The van der Waals surface area contributed by atoms with Gasteiger partial charge in [0.05, 0.1) is 17.7 Å². The fourth-order valence-corrected chi connectivity index (χ4v) is 5.24. The Bertz CT molecular complexity index is 1480. The number of nitrogens with two attached hydrogens (primary N) is 1.